The van der Waals surface area contributed by atoms with Crippen molar-refractivity contribution in [3.05, 3.63) is 0 Å². The molecule has 3 aliphatic rings. The maximum Gasteiger partial charge on any atom is 0.211 e. The van der Waals surface area contributed by atoms with E-state index >= 15 is 0 Å². The highest BCUT2D eigenvalue weighted by Gasteiger charge is 2.40. The van der Waals surface area contributed by atoms with Gasteiger partial charge in [0.05, 0.1) is 19.5 Å². The normalized spacial score (nSPS) is 29.2. The molecular formula is C14H26N2O4S. The molecule has 0 aromatic heterocycles. The fraction of sp³-hybridized carbons (Fsp3) is 1.00. The lowest BCUT2D eigenvalue weighted by Crippen LogP contribution is -2.50. The zero-order chi connectivity index (χ0) is 14.9. The van der Waals surface area contributed by atoms with E-state index in [4.69, 9.17) is 9.47 Å². The topological polar surface area (TPSA) is 67.9 Å². The summed E-state index contributed by atoms with van der Waals surface area (Å²) in [5.74, 6) is -0.294. The van der Waals surface area contributed by atoms with Crippen LogP contribution in [-0.2, 0) is 19.5 Å². The molecule has 1 spiro atoms. The van der Waals surface area contributed by atoms with Crippen LogP contribution in [0.5, 0.6) is 0 Å². The fourth-order valence-corrected chi connectivity index (χ4v) is 4.57. The molecule has 122 valence electrons. The molecule has 3 rings (SSSR count). The zero-order valence-corrected chi connectivity index (χ0v) is 13.5. The van der Waals surface area contributed by atoms with E-state index < -0.39 is 10.0 Å². The van der Waals surface area contributed by atoms with Crippen molar-refractivity contribution in [1.29, 1.82) is 0 Å². The number of hydrogen-bond acceptors (Lipinski definition) is 5. The number of hydrogen-bond donors (Lipinski definition) is 1. The van der Waals surface area contributed by atoms with E-state index in [0.29, 0.717) is 25.2 Å². The molecule has 0 bridgehead atoms. The molecule has 0 unspecified atom stereocenters. The van der Waals surface area contributed by atoms with Crippen molar-refractivity contribution in [2.24, 2.45) is 0 Å². The van der Waals surface area contributed by atoms with Crippen LogP contribution in [0.4, 0.5) is 0 Å². The molecule has 2 heterocycles. The van der Waals surface area contributed by atoms with Crippen LogP contribution in [0.25, 0.3) is 0 Å². The summed E-state index contributed by atoms with van der Waals surface area (Å²) < 4.78 is 36.1. The second-order valence-corrected chi connectivity index (χ2v) is 8.47. The van der Waals surface area contributed by atoms with Crippen molar-refractivity contribution in [2.75, 3.05) is 32.6 Å². The first kappa shape index (κ1) is 15.7. The van der Waals surface area contributed by atoms with Crippen LogP contribution >= 0.6 is 0 Å². The maximum atomic E-state index is 11.5. The van der Waals surface area contributed by atoms with Crippen LogP contribution in [-0.4, -0.2) is 63.2 Å². The monoisotopic (exact) mass is 318 g/mol. The van der Waals surface area contributed by atoms with Gasteiger partial charge < -0.3 is 14.8 Å². The number of sulfonamides is 1. The van der Waals surface area contributed by atoms with Crippen molar-refractivity contribution in [3.63, 3.8) is 0 Å². The predicted octanol–water partition coefficient (Wildman–Crippen LogP) is 0.686. The molecule has 1 aliphatic carbocycles. The Bertz CT molecular complexity index is 444. The smallest absolute Gasteiger partial charge is 0.211 e. The van der Waals surface area contributed by atoms with Crippen molar-refractivity contribution < 1.29 is 17.9 Å². The first-order chi connectivity index (χ1) is 9.97. The van der Waals surface area contributed by atoms with Gasteiger partial charge in [-0.05, 0) is 25.7 Å². The summed E-state index contributed by atoms with van der Waals surface area (Å²) in [7, 11) is -3.03. The molecule has 7 heteroatoms. The van der Waals surface area contributed by atoms with Gasteiger partial charge in [-0.1, -0.05) is 0 Å². The SMILES string of the molecule is CS(=O)(=O)N1CCC(NC2CCC3(CC2)OCCO3)CC1. The van der Waals surface area contributed by atoms with Gasteiger partial charge in [0.25, 0.3) is 0 Å². The highest BCUT2D eigenvalue weighted by molar-refractivity contribution is 7.88. The molecule has 0 radical (unpaired) electrons. The molecular weight excluding hydrogens is 292 g/mol. The molecule has 1 saturated carbocycles. The second kappa shape index (κ2) is 6.12. The summed E-state index contributed by atoms with van der Waals surface area (Å²) in [5.41, 5.74) is 0. The van der Waals surface area contributed by atoms with E-state index in [-0.39, 0.29) is 5.79 Å². The first-order valence-electron chi connectivity index (χ1n) is 7.96. The molecule has 1 N–H and O–H groups in total. The zero-order valence-electron chi connectivity index (χ0n) is 12.7. The summed E-state index contributed by atoms with van der Waals surface area (Å²) in [5, 5.41) is 3.70. The summed E-state index contributed by atoms with van der Waals surface area (Å²) in [6.45, 7) is 2.73. The number of piperidine rings is 1. The van der Waals surface area contributed by atoms with E-state index in [2.05, 4.69) is 5.32 Å². The highest BCUT2D eigenvalue weighted by atomic mass is 32.2. The maximum absolute atomic E-state index is 11.5. The Morgan fingerprint density at radius 3 is 2.05 bits per heavy atom. The van der Waals surface area contributed by atoms with E-state index in [0.717, 1.165) is 51.7 Å². The van der Waals surface area contributed by atoms with Crippen LogP contribution < -0.4 is 5.32 Å². The van der Waals surface area contributed by atoms with Gasteiger partial charge in [-0.25, -0.2) is 12.7 Å². The average molecular weight is 318 g/mol. The first-order valence-corrected chi connectivity index (χ1v) is 9.81. The van der Waals surface area contributed by atoms with Gasteiger partial charge >= 0.3 is 0 Å². The lowest BCUT2D eigenvalue weighted by molar-refractivity contribution is -0.179. The molecule has 6 nitrogen and oxygen atoms in total. The van der Waals surface area contributed by atoms with Crippen molar-refractivity contribution in [3.8, 4) is 0 Å². The summed E-state index contributed by atoms with van der Waals surface area (Å²) in [4.78, 5) is 0. The Morgan fingerprint density at radius 1 is 1.00 bits per heavy atom. The Hall–Kier alpha value is -0.210. The Labute approximate surface area is 127 Å². The molecule has 0 aromatic carbocycles. The van der Waals surface area contributed by atoms with Crippen molar-refractivity contribution in [1.82, 2.24) is 9.62 Å². The molecule has 0 aromatic rings. The summed E-state index contributed by atoms with van der Waals surface area (Å²) in [6, 6.07) is 0.950. The van der Waals surface area contributed by atoms with Crippen LogP contribution in [0.1, 0.15) is 38.5 Å². The van der Waals surface area contributed by atoms with Crippen LogP contribution in [0, 0.1) is 0 Å². The minimum absolute atomic E-state index is 0.294. The van der Waals surface area contributed by atoms with E-state index in [1.165, 1.54) is 6.26 Å². The quantitative estimate of drug-likeness (QED) is 0.829. The molecule has 2 saturated heterocycles. The number of rotatable bonds is 3. The number of nitrogens with zero attached hydrogens (tertiary/aromatic N) is 1. The standard InChI is InChI=1S/C14H26N2O4S/c1-21(17,18)16-8-4-13(5-9-16)15-12-2-6-14(7-3-12)19-10-11-20-14/h12-13,15H,2-11H2,1H3. The third-order valence-corrected chi connectivity index (χ3v) is 6.26. The van der Waals surface area contributed by atoms with Crippen molar-refractivity contribution >= 4 is 10.0 Å². The lowest BCUT2D eigenvalue weighted by Gasteiger charge is -2.38. The predicted molar refractivity (Wildman–Crippen MR) is 79.5 cm³/mol. The van der Waals surface area contributed by atoms with Gasteiger partial charge in [0.15, 0.2) is 5.79 Å². The van der Waals surface area contributed by atoms with Gasteiger partial charge in [0.2, 0.25) is 10.0 Å². The Kier molecular flexibility index (Phi) is 4.57. The summed E-state index contributed by atoms with van der Waals surface area (Å²) in [6.07, 6.45) is 7.19. The molecule has 2 aliphatic heterocycles. The van der Waals surface area contributed by atoms with Gasteiger partial charge in [-0.3, -0.25) is 0 Å². The third-order valence-electron chi connectivity index (χ3n) is 4.96. The molecule has 0 amide bonds. The second-order valence-electron chi connectivity index (χ2n) is 6.48. The molecule has 21 heavy (non-hydrogen) atoms. The van der Waals surface area contributed by atoms with E-state index in [1.54, 1.807) is 4.31 Å². The number of ether oxygens (including phenoxy) is 2. The van der Waals surface area contributed by atoms with Gasteiger partial charge in [0, 0.05) is 38.0 Å². The van der Waals surface area contributed by atoms with Gasteiger partial charge in [0.1, 0.15) is 0 Å². The lowest BCUT2D eigenvalue weighted by atomic mass is 9.89. The van der Waals surface area contributed by atoms with Crippen LogP contribution in [0.2, 0.25) is 0 Å². The summed E-state index contributed by atoms with van der Waals surface area (Å²) >= 11 is 0. The van der Waals surface area contributed by atoms with Gasteiger partial charge in [-0.2, -0.15) is 0 Å². The fourth-order valence-electron chi connectivity index (χ4n) is 3.70. The Balaban J connectivity index is 1.42. The van der Waals surface area contributed by atoms with Crippen molar-refractivity contribution in [2.45, 2.75) is 56.4 Å². The number of nitrogens with one attached hydrogen (secondary N) is 1. The Morgan fingerprint density at radius 2 is 1.52 bits per heavy atom. The highest BCUT2D eigenvalue weighted by Crippen LogP contribution is 2.36. The van der Waals surface area contributed by atoms with Gasteiger partial charge in [-0.15, -0.1) is 0 Å². The minimum Gasteiger partial charge on any atom is -0.348 e. The van der Waals surface area contributed by atoms with E-state index in [9.17, 15) is 8.42 Å². The van der Waals surface area contributed by atoms with E-state index in [1.807, 2.05) is 0 Å². The van der Waals surface area contributed by atoms with Crippen LogP contribution in [0.15, 0.2) is 0 Å². The molecule has 3 fully saturated rings. The minimum atomic E-state index is -3.03. The van der Waals surface area contributed by atoms with Crippen LogP contribution in [0.3, 0.4) is 0 Å². The third kappa shape index (κ3) is 3.76. The molecule has 0 atom stereocenters. The average Bonchev–Trinajstić information content (AvgIpc) is 2.90. The largest absolute Gasteiger partial charge is 0.348 e.